The highest BCUT2D eigenvalue weighted by Crippen LogP contribution is 2.34. The zero-order valence-corrected chi connectivity index (χ0v) is 18.0. The summed E-state index contributed by atoms with van der Waals surface area (Å²) in [5, 5.41) is 5.96. The number of alkyl halides is 3. The standard InChI is InChI=1S/C22H27F3N4O2/c1-5-26-21(27-13-15-6-8-16(9-7-15)20(30)29(2)3)28-14-17-10-11-18(31-4)12-19(17)22(23,24)25/h6-12H,5,13-14H2,1-4H3,(H2,26,27,28). The molecule has 1 amide bonds. The van der Waals surface area contributed by atoms with Gasteiger partial charge in [-0.3, -0.25) is 4.79 Å². The van der Waals surface area contributed by atoms with E-state index in [1.807, 2.05) is 6.92 Å². The van der Waals surface area contributed by atoms with Gasteiger partial charge < -0.3 is 20.3 Å². The molecule has 0 spiro atoms. The maximum absolute atomic E-state index is 13.4. The lowest BCUT2D eigenvalue weighted by Gasteiger charge is -2.16. The van der Waals surface area contributed by atoms with Crippen LogP contribution in [0.25, 0.3) is 0 Å². The molecule has 0 atom stereocenters. The fraction of sp³-hybridized carbons (Fsp3) is 0.364. The molecule has 6 nitrogen and oxygen atoms in total. The lowest BCUT2D eigenvalue weighted by atomic mass is 10.1. The summed E-state index contributed by atoms with van der Waals surface area (Å²) in [6.07, 6.45) is -4.49. The first-order valence-corrected chi connectivity index (χ1v) is 9.72. The first-order valence-electron chi connectivity index (χ1n) is 9.72. The second-order valence-corrected chi connectivity index (χ2v) is 6.97. The van der Waals surface area contributed by atoms with E-state index in [0.29, 0.717) is 24.6 Å². The monoisotopic (exact) mass is 436 g/mol. The molecule has 2 rings (SSSR count). The number of carbonyl (C=O) groups excluding carboxylic acids is 1. The number of hydrogen-bond acceptors (Lipinski definition) is 3. The molecular weight excluding hydrogens is 409 g/mol. The Morgan fingerprint density at radius 1 is 1.10 bits per heavy atom. The number of aliphatic imine (C=N–C) groups is 1. The molecule has 2 aromatic carbocycles. The lowest BCUT2D eigenvalue weighted by Crippen LogP contribution is -2.37. The smallest absolute Gasteiger partial charge is 0.416 e. The second-order valence-electron chi connectivity index (χ2n) is 6.97. The van der Waals surface area contributed by atoms with Gasteiger partial charge in [0, 0.05) is 32.7 Å². The molecule has 0 saturated carbocycles. The number of rotatable bonds is 7. The number of nitrogens with one attached hydrogen (secondary N) is 2. The molecule has 2 aromatic rings. The van der Waals surface area contributed by atoms with Crippen molar-refractivity contribution in [3.05, 3.63) is 64.7 Å². The summed E-state index contributed by atoms with van der Waals surface area (Å²) in [4.78, 5) is 17.9. The minimum Gasteiger partial charge on any atom is -0.497 e. The normalized spacial score (nSPS) is 11.8. The van der Waals surface area contributed by atoms with Crippen LogP contribution in [0.15, 0.2) is 47.5 Å². The molecule has 0 aromatic heterocycles. The van der Waals surface area contributed by atoms with Crippen LogP contribution in [0, 0.1) is 0 Å². The van der Waals surface area contributed by atoms with Gasteiger partial charge in [-0.15, -0.1) is 0 Å². The van der Waals surface area contributed by atoms with E-state index in [9.17, 15) is 18.0 Å². The molecular formula is C22H27F3N4O2. The zero-order valence-electron chi connectivity index (χ0n) is 18.0. The fourth-order valence-electron chi connectivity index (χ4n) is 2.80. The van der Waals surface area contributed by atoms with Crippen molar-refractivity contribution in [1.29, 1.82) is 0 Å². The summed E-state index contributed by atoms with van der Waals surface area (Å²) >= 11 is 0. The summed E-state index contributed by atoms with van der Waals surface area (Å²) in [7, 11) is 4.69. The Labute approximate surface area is 180 Å². The molecule has 0 bridgehead atoms. The molecule has 0 fully saturated rings. The largest absolute Gasteiger partial charge is 0.497 e. The fourth-order valence-corrected chi connectivity index (χ4v) is 2.80. The van der Waals surface area contributed by atoms with Crippen LogP contribution < -0.4 is 15.4 Å². The molecule has 0 aliphatic rings. The van der Waals surface area contributed by atoms with Crippen molar-refractivity contribution in [3.8, 4) is 5.75 Å². The van der Waals surface area contributed by atoms with Gasteiger partial charge in [-0.25, -0.2) is 4.99 Å². The minimum atomic E-state index is -4.49. The van der Waals surface area contributed by atoms with Crippen molar-refractivity contribution < 1.29 is 22.7 Å². The SMILES string of the molecule is CCNC(=NCc1ccc(C(=O)N(C)C)cc1)NCc1ccc(OC)cc1C(F)(F)F. The summed E-state index contributed by atoms with van der Waals surface area (Å²) in [5.74, 6) is 0.442. The third kappa shape index (κ3) is 6.91. The van der Waals surface area contributed by atoms with Gasteiger partial charge in [0.25, 0.3) is 5.91 Å². The van der Waals surface area contributed by atoms with Gasteiger partial charge in [-0.2, -0.15) is 13.2 Å². The average Bonchev–Trinajstić information content (AvgIpc) is 2.74. The first kappa shape index (κ1) is 24.0. The Balaban J connectivity index is 2.11. The average molecular weight is 436 g/mol. The molecule has 0 aliphatic carbocycles. The molecule has 168 valence electrons. The van der Waals surface area contributed by atoms with Crippen molar-refractivity contribution in [2.24, 2.45) is 4.99 Å². The van der Waals surface area contributed by atoms with Gasteiger partial charge in [0.05, 0.1) is 19.2 Å². The Morgan fingerprint density at radius 3 is 2.32 bits per heavy atom. The number of amides is 1. The van der Waals surface area contributed by atoms with E-state index in [1.54, 1.807) is 38.4 Å². The number of methoxy groups -OCH3 is 1. The van der Waals surface area contributed by atoms with Crippen molar-refractivity contribution in [1.82, 2.24) is 15.5 Å². The third-order valence-electron chi connectivity index (χ3n) is 4.44. The number of nitrogens with zero attached hydrogens (tertiary/aromatic N) is 2. The topological polar surface area (TPSA) is 66.0 Å². The number of hydrogen-bond donors (Lipinski definition) is 2. The Hall–Kier alpha value is -3.23. The highest BCUT2D eigenvalue weighted by atomic mass is 19.4. The Kier molecular flexibility index (Phi) is 8.30. The molecule has 0 radical (unpaired) electrons. The van der Waals surface area contributed by atoms with Gasteiger partial charge >= 0.3 is 6.18 Å². The van der Waals surface area contributed by atoms with Crippen LogP contribution in [-0.2, 0) is 19.3 Å². The first-order chi connectivity index (χ1) is 14.7. The van der Waals surface area contributed by atoms with E-state index >= 15 is 0 Å². The van der Waals surface area contributed by atoms with E-state index in [2.05, 4.69) is 15.6 Å². The lowest BCUT2D eigenvalue weighted by molar-refractivity contribution is -0.138. The van der Waals surface area contributed by atoms with Crippen LogP contribution >= 0.6 is 0 Å². The number of benzene rings is 2. The maximum atomic E-state index is 13.4. The van der Waals surface area contributed by atoms with Crippen LogP contribution in [0.5, 0.6) is 5.75 Å². The van der Waals surface area contributed by atoms with E-state index in [0.717, 1.165) is 11.6 Å². The molecule has 0 aliphatic heterocycles. The van der Waals surface area contributed by atoms with E-state index in [-0.39, 0.29) is 23.8 Å². The summed E-state index contributed by atoms with van der Waals surface area (Å²) in [5.41, 5.74) is 0.775. The summed E-state index contributed by atoms with van der Waals surface area (Å²) in [6.45, 7) is 2.67. The quantitative estimate of drug-likeness (QED) is 0.514. The van der Waals surface area contributed by atoms with Crippen molar-refractivity contribution >= 4 is 11.9 Å². The second kappa shape index (κ2) is 10.7. The van der Waals surface area contributed by atoms with E-state index in [4.69, 9.17) is 4.74 Å². The van der Waals surface area contributed by atoms with Crippen LogP contribution in [-0.4, -0.2) is 44.5 Å². The third-order valence-corrected chi connectivity index (χ3v) is 4.44. The molecule has 31 heavy (non-hydrogen) atoms. The number of ether oxygens (including phenoxy) is 1. The summed E-state index contributed by atoms with van der Waals surface area (Å²) in [6, 6.07) is 10.9. The Bertz CT molecular complexity index is 910. The van der Waals surface area contributed by atoms with Crippen LogP contribution in [0.1, 0.15) is 34.0 Å². The predicted octanol–water partition coefficient (Wildman–Crippen LogP) is 3.67. The molecule has 0 saturated heterocycles. The molecule has 0 unspecified atom stereocenters. The Morgan fingerprint density at radius 2 is 1.77 bits per heavy atom. The van der Waals surface area contributed by atoms with Crippen LogP contribution in [0.2, 0.25) is 0 Å². The highest BCUT2D eigenvalue weighted by Gasteiger charge is 2.33. The number of halogens is 3. The number of carbonyl (C=O) groups is 1. The van der Waals surface area contributed by atoms with Gasteiger partial charge in [0.15, 0.2) is 5.96 Å². The highest BCUT2D eigenvalue weighted by molar-refractivity contribution is 5.93. The van der Waals surface area contributed by atoms with Gasteiger partial charge in [0.1, 0.15) is 5.75 Å². The zero-order chi connectivity index (χ0) is 23.0. The van der Waals surface area contributed by atoms with Crippen LogP contribution in [0.4, 0.5) is 13.2 Å². The van der Waals surface area contributed by atoms with E-state index < -0.39 is 11.7 Å². The van der Waals surface area contributed by atoms with Gasteiger partial charge in [0.2, 0.25) is 0 Å². The number of guanidine groups is 1. The van der Waals surface area contributed by atoms with E-state index in [1.165, 1.54) is 24.1 Å². The van der Waals surface area contributed by atoms with Crippen LogP contribution in [0.3, 0.4) is 0 Å². The molecule has 2 N–H and O–H groups in total. The van der Waals surface area contributed by atoms with Crippen molar-refractivity contribution in [2.75, 3.05) is 27.7 Å². The predicted molar refractivity (Wildman–Crippen MR) is 114 cm³/mol. The van der Waals surface area contributed by atoms with Gasteiger partial charge in [-0.05, 0) is 42.3 Å². The maximum Gasteiger partial charge on any atom is 0.416 e. The van der Waals surface area contributed by atoms with Gasteiger partial charge in [-0.1, -0.05) is 18.2 Å². The molecule has 9 heteroatoms. The molecule has 0 heterocycles. The summed E-state index contributed by atoms with van der Waals surface area (Å²) < 4.78 is 45.1. The minimum absolute atomic E-state index is 0.0546. The van der Waals surface area contributed by atoms with Crippen molar-refractivity contribution in [3.63, 3.8) is 0 Å². The van der Waals surface area contributed by atoms with Crippen molar-refractivity contribution in [2.45, 2.75) is 26.2 Å².